The molecule has 1 saturated carbocycles. The van der Waals surface area contributed by atoms with Crippen LogP contribution in [-0.4, -0.2) is 34.9 Å². The number of hydrogen-bond acceptors (Lipinski definition) is 5. The van der Waals surface area contributed by atoms with Crippen LogP contribution in [0.15, 0.2) is 0 Å². The van der Waals surface area contributed by atoms with Crippen molar-refractivity contribution in [2.75, 3.05) is 23.7 Å². The molecule has 98 valence electrons. The molecule has 0 radical (unpaired) electrons. The Morgan fingerprint density at radius 2 is 2.22 bits per heavy atom. The molecule has 0 bridgehead atoms. The lowest BCUT2D eigenvalue weighted by Crippen LogP contribution is -2.43. The maximum atomic E-state index is 11.1. The first kappa shape index (κ1) is 12.5. The first-order chi connectivity index (χ1) is 8.59. The molecule has 0 unspecified atom stereocenters. The number of carbonyl (C=O) groups excluding carboxylic acids is 1. The fraction of sp³-hybridized carbons (Fsp3) is 0.692. The van der Waals surface area contributed by atoms with Crippen LogP contribution in [0.2, 0.25) is 0 Å². The fourth-order valence-electron chi connectivity index (χ4n) is 2.38. The minimum Gasteiger partial charge on any atom is -0.346 e. The summed E-state index contributed by atoms with van der Waals surface area (Å²) >= 11 is 3.59. The predicted molar refractivity (Wildman–Crippen MR) is 78.2 cm³/mol. The molecule has 1 aromatic rings. The first-order valence-electron chi connectivity index (χ1n) is 6.44. The van der Waals surface area contributed by atoms with E-state index in [1.165, 1.54) is 12.8 Å². The van der Waals surface area contributed by atoms with E-state index in [1.807, 2.05) is 11.8 Å². The molecule has 0 atom stereocenters. The summed E-state index contributed by atoms with van der Waals surface area (Å²) in [6, 6.07) is 0. The second-order valence-electron chi connectivity index (χ2n) is 5.67. The van der Waals surface area contributed by atoms with Crippen molar-refractivity contribution in [3.05, 3.63) is 10.6 Å². The zero-order valence-corrected chi connectivity index (χ0v) is 12.4. The van der Waals surface area contributed by atoms with Gasteiger partial charge in [-0.2, -0.15) is 11.8 Å². The number of aromatic nitrogens is 1. The molecule has 3 rings (SSSR count). The Hall–Kier alpha value is -0.550. The van der Waals surface area contributed by atoms with Gasteiger partial charge in [0.1, 0.15) is 0 Å². The van der Waals surface area contributed by atoms with E-state index >= 15 is 0 Å². The molecular weight excluding hydrogens is 264 g/mol. The summed E-state index contributed by atoms with van der Waals surface area (Å²) < 4.78 is 0.283. The first-order valence-corrected chi connectivity index (χ1v) is 8.24. The van der Waals surface area contributed by atoms with Gasteiger partial charge >= 0.3 is 0 Å². The summed E-state index contributed by atoms with van der Waals surface area (Å²) in [5, 5.41) is 1.05. The van der Waals surface area contributed by atoms with Crippen molar-refractivity contribution in [3.8, 4) is 0 Å². The summed E-state index contributed by atoms with van der Waals surface area (Å²) in [5.74, 6) is 1.70. The Balaban J connectivity index is 1.85. The summed E-state index contributed by atoms with van der Waals surface area (Å²) in [4.78, 5) is 19.1. The van der Waals surface area contributed by atoms with Gasteiger partial charge in [-0.25, -0.2) is 4.98 Å². The molecule has 2 aliphatic rings. The van der Waals surface area contributed by atoms with Gasteiger partial charge in [-0.1, -0.05) is 11.3 Å². The van der Waals surface area contributed by atoms with Crippen LogP contribution in [0.3, 0.4) is 0 Å². The lowest BCUT2D eigenvalue weighted by Gasteiger charge is -2.37. The number of aldehydes is 1. The molecule has 5 heteroatoms. The third-order valence-electron chi connectivity index (χ3n) is 3.44. The van der Waals surface area contributed by atoms with Gasteiger partial charge in [0, 0.05) is 29.5 Å². The Kier molecular flexibility index (Phi) is 3.14. The molecule has 1 aliphatic heterocycles. The normalized spacial score (nSPS) is 23.1. The lowest BCUT2D eigenvalue weighted by atomic mass is 10.2. The van der Waals surface area contributed by atoms with Crippen LogP contribution in [-0.2, 0) is 0 Å². The third-order valence-corrected chi connectivity index (χ3v) is 5.79. The second kappa shape index (κ2) is 4.53. The fourth-order valence-corrected chi connectivity index (χ4v) is 4.48. The zero-order chi connectivity index (χ0) is 12.8. The molecule has 1 aromatic heterocycles. The topological polar surface area (TPSA) is 33.2 Å². The molecule has 0 aromatic carbocycles. The van der Waals surface area contributed by atoms with Crippen molar-refractivity contribution >= 4 is 34.5 Å². The maximum absolute atomic E-state index is 11.1. The van der Waals surface area contributed by atoms with Gasteiger partial charge in [0.2, 0.25) is 0 Å². The molecule has 2 heterocycles. The number of nitrogens with zero attached hydrogens (tertiary/aromatic N) is 2. The minimum absolute atomic E-state index is 0.283. The van der Waals surface area contributed by atoms with Crippen LogP contribution in [0.1, 0.15) is 48.0 Å². The predicted octanol–water partition coefficient (Wildman–Crippen LogP) is 3.16. The molecule has 0 spiro atoms. The average molecular weight is 282 g/mol. The van der Waals surface area contributed by atoms with E-state index < -0.39 is 0 Å². The smallest absolute Gasteiger partial charge is 0.186 e. The van der Waals surface area contributed by atoms with E-state index in [2.05, 4.69) is 18.7 Å². The standard InChI is InChI=1S/C13H18N2OS2/c1-13(2)8-15(5-6-17-13)12-14-11(9-3-4-9)10(7-16)18-12/h7,9H,3-6,8H2,1-2H3. The van der Waals surface area contributed by atoms with Gasteiger partial charge < -0.3 is 4.90 Å². The van der Waals surface area contributed by atoms with Gasteiger partial charge in [-0.3, -0.25) is 4.79 Å². The minimum atomic E-state index is 0.283. The van der Waals surface area contributed by atoms with Gasteiger partial charge in [0.05, 0.1) is 10.6 Å². The highest BCUT2D eigenvalue weighted by molar-refractivity contribution is 8.00. The van der Waals surface area contributed by atoms with Crippen molar-refractivity contribution in [3.63, 3.8) is 0 Å². The Bertz CT molecular complexity index is 466. The lowest BCUT2D eigenvalue weighted by molar-refractivity contribution is 0.112. The van der Waals surface area contributed by atoms with Crippen molar-refractivity contribution in [1.29, 1.82) is 0 Å². The SMILES string of the molecule is CC1(C)CN(c2nc(C3CC3)c(C=O)s2)CCS1. The van der Waals surface area contributed by atoms with E-state index in [1.54, 1.807) is 11.3 Å². The Labute approximate surface area is 116 Å². The number of hydrogen-bond donors (Lipinski definition) is 0. The monoisotopic (exact) mass is 282 g/mol. The summed E-state index contributed by atoms with van der Waals surface area (Å²) in [6.45, 7) is 6.62. The molecular formula is C13H18N2OS2. The van der Waals surface area contributed by atoms with Crippen LogP contribution in [0, 0.1) is 0 Å². The number of thioether (sulfide) groups is 1. The van der Waals surface area contributed by atoms with Crippen molar-refractivity contribution in [1.82, 2.24) is 4.98 Å². The second-order valence-corrected chi connectivity index (χ2v) is 8.48. The molecule has 2 fully saturated rings. The molecule has 1 aliphatic carbocycles. The quantitative estimate of drug-likeness (QED) is 0.797. The number of thiazole rings is 1. The van der Waals surface area contributed by atoms with Crippen LogP contribution < -0.4 is 4.90 Å². The van der Waals surface area contributed by atoms with Crippen LogP contribution in [0.25, 0.3) is 0 Å². The van der Waals surface area contributed by atoms with E-state index in [0.29, 0.717) is 5.92 Å². The van der Waals surface area contributed by atoms with Gasteiger partial charge in [0.25, 0.3) is 0 Å². The molecule has 0 amide bonds. The highest BCUT2D eigenvalue weighted by Crippen LogP contribution is 2.44. The Morgan fingerprint density at radius 1 is 1.44 bits per heavy atom. The molecule has 1 saturated heterocycles. The molecule has 3 nitrogen and oxygen atoms in total. The van der Waals surface area contributed by atoms with Gasteiger partial charge in [-0.15, -0.1) is 0 Å². The third kappa shape index (κ3) is 2.43. The summed E-state index contributed by atoms with van der Waals surface area (Å²) in [6.07, 6.45) is 3.38. The van der Waals surface area contributed by atoms with Crippen molar-refractivity contribution < 1.29 is 4.79 Å². The molecule has 0 N–H and O–H groups in total. The average Bonchev–Trinajstić information content (AvgIpc) is 3.07. The van der Waals surface area contributed by atoms with Crippen LogP contribution in [0.5, 0.6) is 0 Å². The van der Waals surface area contributed by atoms with Crippen molar-refractivity contribution in [2.45, 2.75) is 37.4 Å². The largest absolute Gasteiger partial charge is 0.346 e. The van der Waals surface area contributed by atoms with E-state index in [-0.39, 0.29) is 4.75 Å². The summed E-state index contributed by atoms with van der Waals surface area (Å²) in [7, 11) is 0. The number of anilines is 1. The van der Waals surface area contributed by atoms with E-state index in [0.717, 1.165) is 40.8 Å². The van der Waals surface area contributed by atoms with E-state index in [9.17, 15) is 4.79 Å². The number of carbonyl (C=O) groups is 1. The zero-order valence-electron chi connectivity index (χ0n) is 10.8. The maximum Gasteiger partial charge on any atom is 0.186 e. The highest BCUT2D eigenvalue weighted by Gasteiger charge is 2.33. The van der Waals surface area contributed by atoms with Crippen LogP contribution >= 0.6 is 23.1 Å². The molecule has 18 heavy (non-hydrogen) atoms. The number of rotatable bonds is 3. The van der Waals surface area contributed by atoms with Gasteiger partial charge in [0.15, 0.2) is 11.4 Å². The summed E-state index contributed by atoms with van der Waals surface area (Å²) in [5.41, 5.74) is 1.06. The highest BCUT2D eigenvalue weighted by atomic mass is 32.2. The van der Waals surface area contributed by atoms with Crippen molar-refractivity contribution in [2.24, 2.45) is 0 Å². The van der Waals surface area contributed by atoms with Crippen LogP contribution in [0.4, 0.5) is 5.13 Å². The Morgan fingerprint density at radius 3 is 2.83 bits per heavy atom. The van der Waals surface area contributed by atoms with Gasteiger partial charge in [-0.05, 0) is 26.7 Å². The van der Waals surface area contributed by atoms with E-state index in [4.69, 9.17) is 4.98 Å².